The van der Waals surface area contributed by atoms with Crippen molar-refractivity contribution in [2.24, 2.45) is 5.92 Å². The average Bonchev–Trinajstić information content (AvgIpc) is 3.28. The van der Waals surface area contributed by atoms with Crippen LogP contribution < -0.4 is 0 Å². The van der Waals surface area contributed by atoms with Gasteiger partial charge in [-0.2, -0.15) is 5.26 Å². The van der Waals surface area contributed by atoms with Crippen LogP contribution in [-0.2, 0) is 19.3 Å². The number of nitrogens with zero attached hydrogens (tertiary/aromatic N) is 3. The van der Waals surface area contributed by atoms with E-state index in [4.69, 9.17) is 5.26 Å². The van der Waals surface area contributed by atoms with E-state index in [0.29, 0.717) is 5.56 Å². The molecule has 0 atom stereocenters. The van der Waals surface area contributed by atoms with E-state index in [2.05, 4.69) is 59.2 Å². The van der Waals surface area contributed by atoms with Crippen molar-refractivity contribution >= 4 is 11.0 Å². The smallest absolute Gasteiger partial charge is 0.137 e. The average molecular weight is 459 g/mol. The van der Waals surface area contributed by atoms with Gasteiger partial charge in [-0.25, -0.2) is 4.98 Å². The topological polar surface area (TPSA) is 55.7 Å². The van der Waals surface area contributed by atoms with Crippen molar-refractivity contribution in [1.82, 2.24) is 14.9 Å². The number of piperidine rings is 1. The highest BCUT2D eigenvalue weighted by Gasteiger charge is 2.19. The third-order valence-electron chi connectivity index (χ3n) is 7.11. The van der Waals surface area contributed by atoms with Gasteiger partial charge in [-0.3, -0.25) is 0 Å². The lowest BCUT2D eigenvalue weighted by atomic mass is 9.88. The number of nitriles is 1. The fourth-order valence-electron chi connectivity index (χ4n) is 5.05. The third-order valence-corrected chi connectivity index (χ3v) is 7.11. The van der Waals surface area contributed by atoms with Gasteiger partial charge in [0.15, 0.2) is 0 Å². The molecule has 1 aliphatic heterocycles. The molecule has 0 saturated carbocycles. The number of benzene rings is 1. The molecule has 3 aromatic rings. The Balaban J connectivity index is 0.00000158. The van der Waals surface area contributed by atoms with Gasteiger partial charge in [0, 0.05) is 17.8 Å². The summed E-state index contributed by atoms with van der Waals surface area (Å²) in [6.45, 7) is 12.1. The Hall–Kier alpha value is -2.64. The first-order valence-electron chi connectivity index (χ1n) is 13.3. The predicted octanol–water partition coefficient (Wildman–Crippen LogP) is 7.00. The van der Waals surface area contributed by atoms with Crippen molar-refractivity contribution in [3.8, 4) is 6.07 Å². The van der Waals surface area contributed by atoms with Gasteiger partial charge in [-0.05, 0) is 106 Å². The Bertz CT molecular complexity index is 1070. The summed E-state index contributed by atoms with van der Waals surface area (Å²) >= 11 is 0. The molecular formula is C30H42N4. The second-order valence-electron chi connectivity index (χ2n) is 9.50. The van der Waals surface area contributed by atoms with E-state index in [1.54, 1.807) is 11.8 Å². The van der Waals surface area contributed by atoms with Crippen LogP contribution >= 0.6 is 0 Å². The Labute approximate surface area is 206 Å². The number of aryl methyl sites for hydroxylation is 3. The Morgan fingerprint density at radius 3 is 2.59 bits per heavy atom. The van der Waals surface area contributed by atoms with Crippen LogP contribution in [0.3, 0.4) is 0 Å². The van der Waals surface area contributed by atoms with Crippen molar-refractivity contribution in [2.75, 3.05) is 19.6 Å². The number of rotatable bonds is 9. The predicted molar refractivity (Wildman–Crippen MR) is 143 cm³/mol. The number of nitrogens with one attached hydrogen (secondary N) is 1. The molecule has 34 heavy (non-hydrogen) atoms. The molecule has 0 radical (unpaired) electrons. The summed E-state index contributed by atoms with van der Waals surface area (Å²) in [6.07, 6.45) is 13.5. The first-order valence-corrected chi connectivity index (χ1v) is 13.3. The van der Waals surface area contributed by atoms with Crippen LogP contribution in [0.25, 0.3) is 11.0 Å². The molecule has 1 saturated heterocycles. The van der Waals surface area contributed by atoms with Crippen LogP contribution in [0.1, 0.15) is 80.7 Å². The molecule has 4 rings (SSSR count). The van der Waals surface area contributed by atoms with Gasteiger partial charge in [0.25, 0.3) is 0 Å². The van der Waals surface area contributed by atoms with Gasteiger partial charge in [0.1, 0.15) is 11.7 Å². The molecule has 0 amide bonds. The molecule has 3 heterocycles. The maximum atomic E-state index is 9.14. The zero-order chi connectivity index (χ0) is 24.3. The van der Waals surface area contributed by atoms with Gasteiger partial charge in [0.2, 0.25) is 0 Å². The van der Waals surface area contributed by atoms with Crippen LogP contribution in [0, 0.1) is 24.2 Å². The number of aromatic nitrogens is 2. The zero-order valence-corrected chi connectivity index (χ0v) is 21.7. The molecule has 0 spiro atoms. The van der Waals surface area contributed by atoms with Crippen LogP contribution in [0.4, 0.5) is 0 Å². The van der Waals surface area contributed by atoms with E-state index in [9.17, 15) is 0 Å². The summed E-state index contributed by atoms with van der Waals surface area (Å²) in [5, 5.41) is 10.2. The second-order valence-corrected chi connectivity index (χ2v) is 9.50. The minimum absolute atomic E-state index is 0.631. The van der Waals surface area contributed by atoms with Gasteiger partial charge >= 0.3 is 0 Å². The minimum Gasteiger partial charge on any atom is -0.346 e. The lowest BCUT2D eigenvalue weighted by Gasteiger charge is -2.32. The zero-order valence-electron chi connectivity index (χ0n) is 21.7. The van der Waals surface area contributed by atoms with Crippen molar-refractivity contribution in [3.63, 3.8) is 0 Å². The first kappa shape index (κ1) is 26.0. The van der Waals surface area contributed by atoms with E-state index in [0.717, 1.165) is 36.3 Å². The van der Waals surface area contributed by atoms with Gasteiger partial charge in [0.05, 0.1) is 5.56 Å². The lowest BCUT2D eigenvalue weighted by molar-refractivity contribution is 0.182. The highest BCUT2D eigenvalue weighted by molar-refractivity contribution is 5.80. The molecule has 4 nitrogen and oxygen atoms in total. The fraction of sp³-hybridized carbons (Fsp3) is 0.533. The number of H-pyrrole nitrogens is 1. The van der Waals surface area contributed by atoms with Crippen molar-refractivity contribution in [3.05, 3.63) is 64.5 Å². The Morgan fingerprint density at radius 1 is 1.09 bits per heavy atom. The SMILES string of the molecule is CC.CCCCc1cc(CC2CCN(CCCc3c[nH]c4ncc(C#N)cc34)CC2)ccc1C. The van der Waals surface area contributed by atoms with E-state index in [1.807, 2.05) is 19.9 Å². The number of aromatic amines is 1. The van der Waals surface area contributed by atoms with Gasteiger partial charge in [-0.1, -0.05) is 45.4 Å². The molecule has 1 fully saturated rings. The first-order chi connectivity index (χ1) is 16.7. The molecule has 0 bridgehead atoms. The lowest BCUT2D eigenvalue weighted by Crippen LogP contribution is -2.35. The summed E-state index contributed by atoms with van der Waals surface area (Å²) in [6, 6.07) is 11.3. The fourth-order valence-corrected chi connectivity index (χ4v) is 5.05. The van der Waals surface area contributed by atoms with Gasteiger partial charge < -0.3 is 9.88 Å². The van der Waals surface area contributed by atoms with Crippen LogP contribution in [0.15, 0.2) is 36.7 Å². The van der Waals surface area contributed by atoms with E-state index in [-0.39, 0.29) is 0 Å². The molecule has 2 aromatic heterocycles. The maximum absolute atomic E-state index is 9.14. The molecule has 0 aliphatic carbocycles. The summed E-state index contributed by atoms with van der Waals surface area (Å²) in [5.41, 5.74) is 7.32. The van der Waals surface area contributed by atoms with Crippen molar-refractivity contribution < 1.29 is 0 Å². The van der Waals surface area contributed by atoms with Crippen LogP contribution in [0.2, 0.25) is 0 Å². The summed E-state index contributed by atoms with van der Waals surface area (Å²) < 4.78 is 0. The number of unbranched alkanes of at least 4 members (excludes halogenated alkanes) is 1. The summed E-state index contributed by atoms with van der Waals surface area (Å²) in [7, 11) is 0. The molecule has 4 heteroatoms. The Morgan fingerprint density at radius 2 is 1.85 bits per heavy atom. The Kier molecular flexibility index (Phi) is 10.2. The third kappa shape index (κ3) is 6.93. The highest BCUT2D eigenvalue weighted by atomic mass is 15.1. The normalized spacial score (nSPS) is 14.6. The van der Waals surface area contributed by atoms with Gasteiger partial charge in [-0.15, -0.1) is 0 Å². The number of fused-ring (bicyclic) bond motifs is 1. The maximum Gasteiger partial charge on any atom is 0.137 e. The standard InChI is InChI=1S/C28H36N4.C2H6/c1-3-4-6-25-16-23(9-8-21(25)2)15-22-10-13-32(14-11-22)12-5-7-26-20-31-28-27(26)17-24(18-29)19-30-28;1-2/h8-9,16-17,19-20,22H,3-7,10-15H2,1-2H3,(H,30,31);1-2H3. The van der Waals surface area contributed by atoms with Crippen LogP contribution in [0.5, 0.6) is 0 Å². The number of likely N-dealkylation sites (tertiary alicyclic amines) is 1. The number of hydrogen-bond acceptors (Lipinski definition) is 3. The number of pyridine rings is 1. The summed E-state index contributed by atoms with van der Waals surface area (Å²) in [4.78, 5) is 10.2. The second kappa shape index (κ2) is 13.3. The molecule has 1 aliphatic rings. The van der Waals surface area contributed by atoms with E-state index >= 15 is 0 Å². The van der Waals surface area contributed by atoms with E-state index < -0.39 is 0 Å². The highest BCUT2D eigenvalue weighted by Crippen LogP contribution is 2.24. The minimum atomic E-state index is 0.631. The van der Waals surface area contributed by atoms with E-state index in [1.165, 1.54) is 68.3 Å². The largest absolute Gasteiger partial charge is 0.346 e. The molecular weight excluding hydrogens is 416 g/mol. The quantitative estimate of drug-likeness (QED) is 0.375. The molecule has 0 unspecified atom stereocenters. The van der Waals surface area contributed by atoms with Crippen molar-refractivity contribution in [2.45, 2.75) is 79.1 Å². The molecule has 1 aromatic carbocycles. The van der Waals surface area contributed by atoms with Crippen molar-refractivity contribution in [1.29, 1.82) is 5.26 Å². The van der Waals surface area contributed by atoms with Crippen LogP contribution in [-0.4, -0.2) is 34.5 Å². The molecule has 182 valence electrons. The molecule has 1 N–H and O–H groups in total. The monoisotopic (exact) mass is 458 g/mol. The number of hydrogen-bond donors (Lipinski definition) is 1. The summed E-state index contributed by atoms with van der Waals surface area (Å²) in [5.74, 6) is 0.817.